The maximum absolute atomic E-state index is 11.8. The Morgan fingerprint density at radius 3 is 3.09 bits per heavy atom. The molecule has 3 heterocycles. The molecule has 23 heavy (non-hydrogen) atoms. The van der Waals surface area contributed by atoms with Crippen LogP contribution >= 0.6 is 0 Å². The summed E-state index contributed by atoms with van der Waals surface area (Å²) in [6.07, 6.45) is 6.11. The molecule has 0 aromatic carbocycles. The van der Waals surface area contributed by atoms with Crippen LogP contribution in [0.4, 0.5) is 5.69 Å². The van der Waals surface area contributed by atoms with Crippen LogP contribution in [0.3, 0.4) is 0 Å². The number of likely N-dealkylation sites (tertiary alicyclic amines) is 1. The van der Waals surface area contributed by atoms with Crippen LogP contribution < -0.4 is 5.32 Å². The summed E-state index contributed by atoms with van der Waals surface area (Å²) in [5.74, 6) is -1.13. The highest BCUT2D eigenvalue weighted by molar-refractivity contribution is 6.03. The highest BCUT2D eigenvalue weighted by Crippen LogP contribution is 2.27. The van der Waals surface area contributed by atoms with E-state index in [0.717, 1.165) is 18.2 Å². The van der Waals surface area contributed by atoms with E-state index in [0.29, 0.717) is 24.4 Å². The fourth-order valence-corrected chi connectivity index (χ4v) is 2.95. The second-order valence-electron chi connectivity index (χ2n) is 5.56. The number of carbonyl (C=O) groups is 2. The fraction of sp³-hybridized carbons (Fsp3) is 0.312. The predicted molar refractivity (Wildman–Crippen MR) is 86.5 cm³/mol. The Kier molecular flexibility index (Phi) is 4.01. The maximum atomic E-state index is 11.8. The van der Waals surface area contributed by atoms with Crippen molar-refractivity contribution in [2.75, 3.05) is 18.4 Å². The molecule has 2 aromatic rings. The smallest absolute Gasteiger partial charge is 0.339 e. The number of hydrogen-bond donors (Lipinski definition) is 3. The van der Waals surface area contributed by atoms with Gasteiger partial charge in [0.15, 0.2) is 0 Å². The highest BCUT2D eigenvalue weighted by Gasteiger charge is 2.24. The van der Waals surface area contributed by atoms with Gasteiger partial charge >= 0.3 is 5.97 Å². The van der Waals surface area contributed by atoms with Gasteiger partial charge in [0, 0.05) is 36.9 Å². The van der Waals surface area contributed by atoms with Gasteiger partial charge < -0.3 is 20.3 Å². The minimum Gasteiger partial charge on any atom is -0.478 e. The summed E-state index contributed by atoms with van der Waals surface area (Å²) in [6, 6.07) is 1.79. The van der Waals surface area contributed by atoms with Crippen LogP contribution in [0.25, 0.3) is 11.0 Å². The quantitative estimate of drug-likeness (QED) is 0.748. The van der Waals surface area contributed by atoms with Crippen molar-refractivity contribution in [1.29, 1.82) is 0 Å². The lowest BCUT2D eigenvalue weighted by atomic mass is 10.0. The molecule has 120 valence electrons. The lowest BCUT2D eigenvalue weighted by Gasteiger charge is -2.33. The molecule has 1 aliphatic heterocycles. The Bertz CT molecular complexity index is 768. The first-order chi connectivity index (χ1) is 11.1. The number of anilines is 1. The van der Waals surface area contributed by atoms with Gasteiger partial charge in [-0.2, -0.15) is 0 Å². The first kappa shape index (κ1) is 15.1. The van der Waals surface area contributed by atoms with E-state index in [1.165, 1.54) is 12.3 Å². The van der Waals surface area contributed by atoms with Gasteiger partial charge in [0.25, 0.3) is 0 Å². The number of fused-ring (bicyclic) bond motifs is 1. The van der Waals surface area contributed by atoms with Crippen molar-refractivity contribution in [3.8, 4) is 0 Å². The molecule has 0 bridgehead atoms. The van der Waals surface area contributed by atoms with Gasteiger partial charge in [-0.05, 0) is 25.0 Å². The van der Waals surface area contributed by atoms with E-state index in [4.69, 9.17) is 0 Å². The average Bonchev–Trinajstić information content (AvgIpc) is 3.03. The number of amides is 1. The standard InChI is InChI=1S/C16H18N4O3/c1-2-13(21)20-7-3-4-10(9-20)19-14-11-5-6-17-15(11)18-8-12(14)16(22)23/h2,5-6,8,10H,1,3-4,7,9H2,(H,22,23)(H2,17,18,19)/t10-/m0/s1. The number of hydrogen-bond acceptors (Lipinski definition) is 4. The largest absolute Gasteiger partial charge is 0.478 e. The van der Waals surface area contributed by atoms with E-state index in [9.17, 15) is 14.7 Å². The third-order valence-corrected chi connectivity index (χ3v) is 4.07. The summed E-state index contributed by atoms with van der Waals surface area (Å²) < 4.78 is 0. The van der Waals surface area contributed by atoms with E-state index < -0.39 is 5.97 Å². The molecule has 0 unspecified atom stereocenters. The van der Waals surface area contributed by atoms with Crippen LogP contribution in [0.1, 0.15) is 23.2 Å². The number of aromatic amines is 1. The zero-order valence-corrected chi connectivity index (χ0v) is 12.6. The molecular formula is C16H18N4O3. The molecule has 1 fully saturated rings. The SMILES string of the molecule is C=CC(=O)N1CCC[C@H](Nc2c(C(=O)O)cnc3[nH]ccc23)C1. The third kappa shape index (κ3) is 2.90. The number of pyridine rings is 1. The van der Waals surface area contributed by atoms with Crippen molar-refractivity contribution < 1.29 is 14.7 Å². The molecule has 7 heteroatoms. The first-order valence-corrected chi connectivity index (χ1v) is 7.47. The van der Waals surface area contributed by atoms with Gasteiger partial charge in [0.2, 0.25) is 5.91 Å². The summed E-state index contributed by atoms with van der Waals surface area (Å²) in [5.41, 5.74) is 1.30. The Balaban J connectivity index is 1.89. The van der Waals surface area contributed by atoms with E-state index in [-0.39, 0.29) is 17.5 Å². The molecule has 3 rings (SSSR count). The van der Waals surface area contributed by atoms with E-state index in [2.05, 4.69) is 21.9 Å². The Hall–Kier alpha value is -2.83. The molecule has 0 aliphatic carbocycles. The Morgan fingerprint density at radius 2 is 2.35 bits per heavy atom. The number of carboxylic acids is 1. The molecule has 0 radical (unpaired) electrons. The average molecular weight is 314 g/mol. The fourth-order valence-electron chi connectivity index (χ4n) is 2.95. The second-order valence-corrected chi connectivity index (χ2v) is 5.56. The van der Waals surface area contributed by atoms with Crippen molar-refractivity contribution in [2.45, 2.75) is 18.9 Å². The minimum absolute atomic E-state index is 0.00810. The first-order valence-electron chi connectivity index (χ1n) is 7.47. The van der Waals surface area contributed by atoms with E-state index in [1.54, 1.807) is 17.2 Å². The lowest BCUT2D eigenvalue weighted by molar-refractivity contribution is -0.127. The lowest BCUT2D eigenvalue weighted by Crippen LogP contribution is -2.44. The number of H-pyrrole nitrogens is 1. The van der Waals surface area contributed by atoms with Crippen LogP contribution in [0.2, 0.25) is 0 Å². The number of piperidine rings is 1. The van der Waals surface area contributed by atoms with Crippen LogP contribution in [0.5, 0.6) is 0 Å². The predicted octanol–water partition coefficient (Wildman–Crippen LogP) is 1.85. The summed E-state index contributed by atoms with van der Waals surface area (Å²) in [7, 11) is 0. The maximum Gasteiger partial charge on any atom is 0.339 e. The van der Waals surface area contributed by atoms with Gasteiger partial charge in [-0.1, -0.05) is 6.58 Å². The van der Waals surface area contributed by atoms with Crippen LogP contribution in [-0.2, 0) is 4.79 Å². The molecular weight excluding hydrogens is 296 g/mol. The molecule has 7 nitrogen and oxygen atoms in total. The van der Waals surface area contributed by atoms with Gasteiger partial charge in [-0.25, -0.2) is 9.78 Å². The summed E-state index contributed by atoms with van der Waals surface area (Å²) in [4.78, 5) is 32.1. The van der Waals surface area contributed by atoms with Crippen LogP contribution in [-0.4, -0.2) is 51.0 Å². The van der Waals surface area contributed by atoms with E-state index in [1.807, 2.05) is 0 Å². The van der Waals surface area contributed by atoms with Crippen molar-refractivity contribution in [2.24, 2.45) is 0 Å². The topological polar surface area (TPSA) is 98.3 Å². The summed E-state index contributed by atoms with van der Waals surface area (Å²) >= 11 is 0. The normalized spacial score (nSPS) is 17.9. The zero-order valence-electron chi connectivity index (χ0n) is 12.6. The number of nitrogens with one attached hydrogen (secondary N) is 2. The molecule has 1 saturated heterocycles. The third-order valence-electron chi connectivity index (χ3n) is 4.07. The van der Waals surface area contributed by atoms with Crippen LogP contribution in [0, 0.1) is 0 Å². The molecule has 1 aliphatic rings. The molecule has 0 spiro atoms. The molecule has 1 amide bonds. The van der Waals surface area contributed by atoms with Crippen molar-refractivity contribution in [3.63, 3.8) is 0 Å². The second kappa shape index (κ2) is 6.12. The number of carbonyl (C=O) groups excluding carboxylic acids is 1. The number of rotatable bonds is 4. The van der Waals surface area contributed by atoms with Crippen LogP contribution in [0.15, 0.2) is 31.1 Å². The van der Waals surface area contributed by atoms with E-state index >= 15 is 0 Å². The van der Waals surface area contributed by atoms with Crippen molar-refractivity contribution >= 4 is 28.6 Å². The minimum atomic E-state index is -1.03. The van der Waals surface area contributed by atoms with Gasteiger partial charge in [0.1, 0.15) is 11.2 Å². The monoisotopic (exact) mass is 314 g/mol. The zero-order chi connectivity index (χ0) is 16.4. The molecule has 3 N–H and O–H groups in total. The van der Waals surface area contributed by atoms with Gasteiger partial charge in [-0.15, -0.1) is 0 Å². The number of aromatic carboxylic acids is 1. The molecule has 2 aromatic heterocycles. The summed E-state index contributed by atoms with van der Waals surface area (Å²) in [5, 5.41) is 13.4. The van der Waals surface area contributed by atoms with Crippen molar-refractivity contribution in [3.05, 3.63) is 36.7 Å². The van der Waals surface area contributed by atoms with Crippen molar-refractivity contribution in [1.82, 2.24) is 14.9 Å². The van der Waals surface area contributed by atoms with Gasteiger partial charge in [-0.3, -0.25) is 4.79 Å². The number of nitrogens with zero attached hydrogens (tertiary/aromatic N) is 2. The van der Waals surface area contributed by atoms with Gasteiger partial charge in [0.05, 0.1) is 5.69 Å². The summed E-state index contributed by atoms with van der Waals surface area (Å²) in [6.45, 7) is 4.74. The molecule has 1 atom stereocenters. The number of carboxylic acid groups (broad SMARTS) is 1. The highest BCUT2D eigenvalue weighted by atomic mass is 16.4. The number of aromatic nitrogens is 2. The Labute approximate surface area is 133 Å². The molecule has 0 saturated carbocycles. The Morgan fingerprint density at radius 1 is 1.52 bits per heavy atom.